The maximum Gasteiger partial charge on any atom is 0.262 e. The largest absolute Gasteiger partial charge is 0.358 e. The summed E-state index contributed by atoms with van der Waals surface area (Å²) in [7, 11) is 0. The molecule has 4 aromatic carbocycles. The number of carbonyl (C=O) groups is 2. The highest BCUT2D eigenvalue weighted by Gasteiger charge is 2.42. The fourth-order valence-electron chi connectivity index (χ4n) is 4.74. The molecule has 0 saturated carbocycles. The molecule has 0 bridgehead atoms. The molecule has 0 unspecified atom stereocenters. The van der Waals surface area contributed by atoms with Crippen molar-refractivity contribution < 1.29 is 14.3 Å². The zero-order valence-corrected chi connectivity index (χ0v) is 19.2. The Morgan fingerprint density at radius 2 is 1.03 bits per heavy atom. The van der Waals surface area contributed by atoms with Crippen LogP contribution >= 0.6 is 0 Å². The van der Waals surface area contributed by atoms with E-state index >= 15 is 0 Å². The molecule has 4 aromatic rings. The number of nitrogens with zero attached hydrogens (tertiary/aromatic N) is 1. The van der Waals surface area contributed by atoms with Crippen molar-refractivity contribution >= 4 is 11.8 Å². The van der Waals surface area contributed by atoms with E-state index in [1.165, 1.54) is 4.90 Å². The molecule has 0 radical (unpaired) electrons. The van der Waals surface area contributed by atoms with E-state index < -0.39 is 11.6 Å². The van der Waals surface area contributed by atoms with E-state index in [-0.39, 0.29) is 18.4 Å². The van der Waals surface area contributed by atoms with Crippen LogP contribution in [0.2, 0.25) is 0 Å². The molecule has 172 valence electrons. The Bertz CT molecular complexity index is 1220. The molecule has 1 atom stereocenters. The average Bonchev–Trinajstić information content (AvgIpc) is 3.18. The van der Waals surface area contributed by atoms with Gasteiger partial charge in [0.1, 0.15) is 5.60 Å². The predicted octanol–water partition coefficient (Wildman–Crippen LogP) is 5.85. The third kappa shape index (κ3) is 3.88. The Labute approximate surface area is 205 Å². The van der Waals surface area contributed by atoms with Crippen LogP contribution in [0.15, 0.2) is 128 Å². The molecule has 0 saturated heterocycles. The molecule has 1 heterocycles. The van der Waals surface area contributed by atoms with E-state index in [0.717, 1.165) is 16.7 Å². The number of ether oxygens (including phenoxy) is 1. The van der Waals surface area contributed by atoms with Crippen LogP contribution < -0.4 is 0 Å². The molecular formula is C31H25NO3. The Hall–Kier alpha value is -4.28. The number of carbonyl (C=O) groups excluding carboxylic acids is 2. The minimum absolute atomic E-state index is 0.0770. The number of fused-ring (bicyclic) bond motifs is 1. The van der Waals surface area contributed by atoms with Crippen LogP contribution in [-0.4, -0.2) is 29.4 Å². The van der Waals surface area contributed by atoms with Gasteiger partial charge in [-0.15, -0.1) is 6.58 Å². The highest BCUT2D eigenvalue weighted by Crippen LogP contribution is 2.41. The summed E-state index contributed by atoms with van der Waals surface area (Å²) in [5.41, 5.74) is 2.70. The standard InChI is InChI=1S/C31H25NO3/c1-2-26(32-29(33)27-20-12-13-21-28(27)30(32)34)22-35-31(23-14-6-3-7-15-23,24-16-8-4-9-17-24)25-18-10-5-11-19-25/h2-21,26H,1,22H2/t26-/m0/s1. The maximum absolute atomic E-state index is 13.1. The summed E-state index contributed by atoms with van der Waals surface area (Å²) in [6.07, 6.45) is 1.60. The lowest BCUT2D eigenvalue weighted by molar-refractivity contribution is -0.00848. The van der Waals surface area contributed by atoms with Crippen molar-refractivity contribution in [2.24, 2.45) is 0 Å². The van der Waals surface area contributed by atoms with Crippen LogP contribution in [0, 0.1) is 0 Å². The monoisotopic (exact) mass is 459 g/mol. The van der Waals surface area contributed by atoms with Crippen molar-refractivity contribution in [3.8, 4) is 0 Å². The fourth-order valence-corrected chi connectivity index (χ4v) is 4.74. The second-order valence-corrected chi connectivity index (χ2v) is 8.42. The lowest BCUT2D eigenvalue weighted by Gasteiger charge is -2.37. The lowest BCUT2D eigenvalue weighted by Crippen LogP contribution is -2.44. The van der Waals surface area contributed by atoms with Crippen LogP contribution in [0.3, 0.4) is 0 Å². The molecule has 0 N–H and O–H groups in total. The van der Waals surface area contributed by atoms with Gasteiger partial charge in [-0.1, -0.05) is 109 Å². The van der Waals surface area contributed by atoms with Gasteiger partial charge in [-0.2, -0.15) is 0 Å². The highest BCUT2D eigenvalue weighted by atomic mass is 16.5. The predicted molar refractivity (Wildman–Crippen MR) is 136 cm³/mol. The van der Waals surface area contributed by atoms with Gasteiger partial charge in [-0.05, 0) is 28.8 Å². The maximum atomic E-state index is 13.1. The number of amides is 2. The van der Waals surface area contributed by atoms with Crippen molar-refractivity contribution in [3.63, 3.8) is 0 Å². The van der Waals surface area contributed by atoms with Crippen molar-refractivity contribution in [2.45, 2.75) is 11.6 Å². The third-order valence-electron chi connectivity index (χ3n) is 6.44. The summed E-state index contributed by atoms with van der Waals surface area (Å²) < 4.78 is 6.83. The van der Waals surface area contributed by atoms with E-state index in [2.05, 4.69) is 6.58 Å². The van der Waals surface area contributed by atoms with Gasteiger partial charge in [0.2, 0.25) is 0 Å². The molecule has 2 amide bonds. The van der Waals surface area contributed by atoms with E-state index in [9.17, 15) is 9.59 Å². The lowest BCUT2D eigenvalue weighted by atomic mass is 9.80. The molecule has 0 aromatic heterocycles. The molecule has 5 rings (SSSR count). The summed E-state index contributed by atoms with van der Waals surface area (Å²) in [6.45, 7) is 4.01. The van der Waals surface area contributed by atoms with Crippen LogP contribution in [0.25, 0.3) is 0 Å². The van der Waals surface area contributed by atoms with Gasteiger partial charge < -0.3 is 4.74 Å². The molecular weight excluding hydrogens is 434 g/mol. The summed E-state index contributed by atoms with van der Waals surface area (Å²) in [4.78, 5) is 27.5. The first-order valence-electron chi connectivity index (χ1n) is 11.6. The first-order chi connectivity index (χ1) is 17.2. The van der Waals surface area contributed by atoms with Gasteiger partial charge in [0.05, 0.1) is 23.8 Å². The van der Waals surface area contributed by atoms with Gasteiger partial charge >= 0.3 is 0 Å². The van der Waals surface area contributed by atoms with Crippen LogP contribution in [-0.2, 0) is 10.3 Å². The molecule has 4 nitrogen and oxygen atoms in total. The SMILES string of the molecule is C=C[C@@H](COC(c1ccccc1)(c1ccccc1)c1ccccc1)N1C(=O)c2ccccc2C1=O. The molecule has 1 aliphatic heterocycles. The molecule has 35 heavy (non-hydrogen) atoms. The minimum Gasteiger partial charge on any atom is -0.358 e. The number of benzene rings is 4. The number of hydrogen-bond acceptors (Lipinski definition) is 3. The number of rotatable bonds is 8. The van der Waals surface area contributed by atoms with Crippen molar-refractivity contribution in [1.29, 1.82) is 0 Å². The van der Waals surface area contributed by atoms with Gasteiger partial charge in [-0.25, -0.2) is 0 Å². The van der Waals surface area contributed by atoms with Crippen LogP contribution in [0.5, 0.6) is 0 Å². The fraction of sp³-hybridized carbons (Fsp3) is 0.0968. The van der Waals surface area contributed by atoms with E-state index in [4.69, 9.17) is 4.74 Å². The average molecular weight is 460 g/mol. The van der Waals surface area contributed by atoms with Gasteiger partial charge in [-0.3, -0.25) is 14.5 Å². The second kappa shape index (κ2) is 9.53. The molecule has 4 heteroatoms. The van der Waals surface area contributed by atoms with Crippen LogP contribution in [0.1, 0.15) is 37.4 Å². The topological polar surface area (TPSA) is 46.6 Å². The summed E-state index contributed by atoms with van der Waals surface area (Å²) in [5.74, 6) is -0.660. The van der Waals surface area contributed by atoms with Gasteiger partial charge in [0, 0.05) is 0 Å². The van der Waals surface area contributed by atoms with Gasteiger partial charge in [0.15, 0.2) is 0 Å². The number of imide groups is 1. The van der Waals surface area contributed by atoms with Crippen LogP contribution in [0.4, 0.5) is 0 Å². The first kappa shape index (κ1) is 22.5. The zero-order valence-electron chi connectivity index (χ0n) is 19.2. The molecule has 0 spiro atoms. The van der Waals surface area contributed by atoms with E-state index in [0.29, 0.717) is 11.1 Å². The smallest absolute Gasteiger partial charge is 0.262 e. The Balaban J connectivity index is 1.58. The van der Waals surface area contributed by atoms with Crippen molar-refractivity contribution in [2.75, 3.05) is 6.61 Å². The van der Waals surface area contributed by atoms with E-state index in [1.54, 1.807) is 30.3 Å². The summed E-state index contributed by atoms with van der Waals surface area (Å²) in [5, 5.41) is 0. The Kier molecular flexibility index (Phi) is 6.13. The Morgan fingerprint density at radius 1 is 0.657 bits per heavy atom. The van der Waals surface area contributed by atoms with Gasteiger partial charge in [0.25, 0.3) is 11.8 Å². The van der Waals surface area contributed by atoms with Crippen molar-refractivity contribution in [3.05, 3.63) is 156 Å². The molecule has 1 aliphatic rings. The second-order valence-electron chi connectivity index (χ2n) is 8.42. The summed E-state index contributed by atoms with van der Waals surface area (Å²) in [6, 6.07) is 36.2. The minimum atomic E-state index is -0.955. The van der Waals surface area contributed by atoms with E-state index in [1.807, 2.05) is 91.0 Å². The summed E-state index contributed by atoms with van der Waals surface area (Å²) >= 11 is 0. The molecule has 0 fully saturated rings. The quantitative estimate of drug-likeness (QED) is 0.189. The number of hydrogen-bond donors (Lipinski definition) is 0. The highest BCUT2D eigenvalue weighted by molar-refractivity contribution is 6.21. The van der Waals surface area contributed by atoms with Crippen molar-refractivity contribution in [1.82, 2.24) is 4.90 Å². The zero-order chi connectivity index (χ0) is 24.3. The third-order valence-corrected chi connectivity index (χ3v) is 6.44. The molecule has 0 aliphatic carbocycles. The normalized spacial score (nSPS) is 14.0. The first-order valence-corrected chi connectivity index (χ1v) is 11.6. The Morgan fingerprint density at radius 3 is 1.40 bits per heavy atom.